The smallest absolute Gasteiger partial charge is 0.307 e. The maximum atomic E-state index is 11.7. The Morgan fingerprint density at radius 2 is 1.95 bits per heavy atom. The molecule has 1 rings (SSSR count). The summed E-state index contributed by atoms with van der Waals surface area (Å²) in [6.45, 7) is 1.18. The molecule has 0 amide bonds. The number of aliphatic carboxylic acids is 1. The van der Waals surface area contributed by atoms with E-state index in [4.69, 9.17) is 5.11 Å². The first-order valence-corrected chi connectivity index (χ1v) is 7.30. The quantitative estimate of drug-likeness (QED) is 0.565. The normalized spacial score (nSPS) is 12.8. The highest BCUT2D eigenvalue weighted by molar-refractivity contribution is 7.88. The molecule has 0 spiro atoms. The van der Waals surface area contributed by atoms with E-state index in [1.807, 2.05) is 0 Å². The van der Waals surface area contributed by atoms with Gasteiger partial charge in [-0.25, -0.2) is 13.1 Å². The largest absolute Gasteiger partial charge is 0.481 e. The average Bonchev–Trinajstić information content (AvgIpc) is 2.36. The second-order valence-electron chi connectivity index (χ2n) is 4.27. The second-order valence-corrected chi connectivity index (χ2v) is 6.08. The van der Waals surface area contributed by atoms with Crippen molar-refractivity contribution in [2.45, 2.75) is 12.7 Å². The van der Waals surface area contributed by atoms with Crippen molar-refractivity contribution in [1.82, 2.24) is 4.72 Å². The predicted molar refractivity (Wildman–Crippen MR) is 70.5 cm³/mol. The number of nitro benzene ring substituents is 1. The standard InChI is InChI=1S/C11H14N2O6S/c1-8(11(14)15)6-12-20(18,19)7-9-2-4-10(5-3-9)13(16)17/h2-5,8,12H,6-7H2,1H3,(H,14,15). The van der Waals surface area contributed by atoms with Crippen LogP contribution in [0.4, 0.5) is 5.69 Å². The van der Waals surface area contributed by atoms with Gasteiger partial charge in [0, 0.05) is 18.7 Å². The van der Waals surface area contributed by atoms with E-state index in [0.29, 0.717) is 5.56 Å². The summed E-state index contributed by atoms with van der Waals surface area (Å²) >= 11 is 0. The lowest BCUT2D eigenvalue weighted by atomic mass is 10.2. The molecule has 0 aromatic heterocycles. The SMILES string of the molecule is CC(CNS(=O)(=O)Cc1ccc([N+](=O)[O-])cc1)C(=O)O. The van der Waals surface area contributed by atoms with Crippen molar-refractivity contribution in [1.29, 1.82) is 0 Å². The van der Waals surface area contributed by atoms with Crippen LogP contribution in [0, 0.1) is 16.0 Å². The molecule has 0 radical (unpaired) electrons. The van der Waals surface area contributed by atoms with Gasteiger partial charge in [0.15, 0.2) is 0 Å². The van der Waals surface area contributed by atoms with Crippen molar-refractivity contribution < 1.29 is 23.2 Å². The Morgan fingerprint density at radius 1 is 1.40 bits per heavy atom. The topological polar surface area (TPSA) is 127 Å². The van der Waals surface area contributed by atoms with Gasteiger partial charge in [-0.05, 0) is 5.56 Å². The lowest BCUT2D eigenvalue weighted by Crippen LogP contribution is -2.32. The highest BCUT2D eigenvalue weighted by atomic mass is 32.2. The molecule has 2 N–H and O–H groups in total. The van der Waals surface area contributed by atoms with Crippen LogP contribution in [-0.4, -0.2) is 31.0 Å². The molecule has 0 bridgehead atoms. The minimum Gasteiger partial charge on any atom is -0.481 e. The minimum absolute atomic E-state index is 0.126. The number of nitrogens with zero attached hydrogens (tertiary/aromatic N) is 1. The molecule has 1 atom stereocenters. The van der Waals surface area contributed by atoms with E-state index in [0.717, 1.165) is 0 Å². The maximum absolute atomic E-state index is 11.7. The van der Waals surface area contributed by atoms with Gasteiger partial charge >= 0.3 is 5.97 Å². The maximum Gasteiger partial charge on any atom is 0.307 e. The third kappa shape index (κ3) is 4.94. The molecule has 1 unspecified atom stereocenters. The molecule has 0 fully saturated rings. The number of nitro groups is 1. The van der Waals surface area contributed by atoms with Crippen molar-refractivity contribution in [3.05, 3.63) is 39.9 Å². The zero-order chi connectivity index (χ0) is 15.3. The van der Waals surface area contributed by atoms with Gasteiger partial charge in [-0.3, -0.25) is 14.9 Å². The van der Waals surface area contributed by atoms with Gasteiger partial charge < -0.3 is 5.11 Å². The van der Waals surface area contributed by atoms with Gasteiger partial charge in [-0.15, -0.1) is 0 Å². The van der Waals surface area contributed by atoms with Gasteiger partial charge in [0.25, 0.3) is 5.69 Å². The van der Waals surface area contributed by atoms with Gasteiger partial charge in [0.2, 0.25) is 10.0 Å². The summed E-state index contributed by atoms with van der Waals surface area (Å²) in [4.78, 5) is 20.5. The Bertz CT molecular complexity index is 596. The lowest BCUT2D eigenvalue weighted by Gasteiger charge is -2.09. The van der Waals surface area contributed by atoms with E-state index in [2.05, 4.69) is 4.72 Å². The average molecular weight is 302 g/mol. The van der Waals surface area contributed by atoms with E-state index in [9.17, 15) is 23.3 Å². The first-order chi connectivity index (χ1) is 9.21. The van der Waals surface area contributed by atoms with Crippen LogP contribution in [0.3, 0.4) is 0 Å². The molecule has 20 heavy (non-hydrogen) atoms. The fourth-order valence-electron chi connectivity index (χ4n) is 1.32. The number of rotatable bonds is 7. The van der Waals surface area contributed by atoms with E-state index in [1.54, 1.807) is 0 Å². The Balaban J connectivity index is 2.66. The minimum atomic E-state index is -3.68. The highest BCUT2D eigenvalue weighted by Crippen LogP contribution is 2.13. The van der Waals surface area contributed by atoms with Crippen LogP contribution in [-0.2, 0) is 20.6 Å². The first-order valence-electron chi connectivity index (χ1n) is 5.65. The van der Waals surface area contributed by atoms with E-state index >= 15 is 0 Å². The summed E-state index contributed by atoms with van der Waals surface area (Å²) < 4.78 is 25.6. The second kappa shape index (κ2) is 6.44. The third-order valence-electron chi connectivity index (χ3n) is 2.53. The monoisotopic (exact) mass is 302 g/mol. The Morgan fingerprint density at radius 3 is 2.40 bits per heavy atom. The Hall–Kier alpha value is -2.00. The van der Waals surface area contributed by atoms with Crippen molar-refractivity contribution in [2.24, 2.45) is 5.92 Å². The number of hydrogen-bond acceptors (Lipinski definition) is 5. The van der Waals surface area contributed by atoms with Gasteiger partial charge in [-0.1, -0.05) is 19.1 Å². The molecule has 0 aliphatic heterocycles. The number of hydrogen-bond donors (Lipinski definition) is 2. The zero-order valence-electron chi connectivity index (χ0n) is 10.6. The van der Waals surface area contributed by atoms with Gasteiger partial charge in [0.05, 0.1) is 16.6 Å². The summed E-state index contributed by atoms with van der Waals surface area (Å²) in [5.74, 6) is -2.29. The molecule has 0 aliphatic carbocycles. The number of carboxylic acids is 1. The molecule has 8 nitrogen and oxygen atoms in total. The van der Waals surface area contributed by atoms with E-state index in [1.165, 1.54) is 31.2 Å². The summed E-state index contributed by atoms with van der Waals surface area (Å²) in [5.41, 5.74) is 0.254. The molecule has 110 valence electrons. The summed E-state index contributed by atoms with van der Waals surface area (Å²) in [6, 6.07) is 5.12. The van der Waals surface area contributed by atoms with Crippen molar-refractivity contribution in [2.75, 3.05) is 6.54 Å². The molecule has 0 saturated carbocycles. The number of carboxylic acid groups (broad SMARTS) is 1. The van der Waals surface area contributed by atoms with Gasteiger partial charge in [0.1, 0.15) is 0 Å². The van der Waals surface area contributed by atoms with Crippen LogP contribution in [0.1, 0.15) is 12.5 Å². The van der Waals surface area contributed by atoms with Crippen molar-refractivity contribution >= 4 is 21.7 Å². The molecular formula is C11H14N2O6S. The number of carbonyl (C=O) groups is 1. The lowest BCUT2D eigenvalue weighted by molar-refractivity contribution is -0.384. The first kappa shape index (κ1) is 16.1. The Kier molecular flexibility index (Phi) is 5.17. The summed E-state index contributed by atoms with van der Waals surface area (Å²) in [6.07, 6.45) is 0. The number of non-ortho nitro benzene ring substituents is 1. The van der Waals surface area contributed by atoms with Crippen LogP contribution in [0.25, 0.3) is 0 Å². The molecule has 0 aliphatic rings. The van der Waals surface area contributed by atoms with E-state index in [-0.39, 0.29) is 18.0 Å². The number of benzene rings is 1. The van der Waals surface area contributed by atoms with Crippen LogP contribution in [0.2, 0.25) is 0 Å². The number of nitrogens with one attached hydrogen (secondary N) is 1. The fourth-order valence-corrected chi connectivity index (χ4v) is 2.56. The molecule has 9 heteroatoms. The third-order valence-corrected chi connectivity index (χ3v) is 3.85. The molecule has 0 heterocycles. The highest BCUT2D eigenvalue weighted by Gasteiger charge is 2.17. The predicted octanol–water partition coefficient (Wildman–Crippen LogP) is 0.735. The Labute approximate surface area is 115 Å². The van der Waals surface area contributed by atoms with Crippen LogP contribution < -0.4 is 4.72 Å². The van der Waals surface area contributed by atoms with E-state index < -0.39 is 26.8 Å². The molecule has 0 saturated heterocycles. The van der Waals surface area contributed by atoms with Crippen molar-refractivity contribution in [3.63, 3.8) is 0 Å². The summed E-state index contributed by atoms with van der Waals surface area (Å²) in [7, 11) is -3.68. The van der Waals surface area contributed by atoms with Crippen LogP contribution in [0.15, 0.2) is 24.3 Å². The molecular weight excluding hydrogens is 288 g/mol. The summed E-state index contributed by atoms with van der Waals surface area (Å²) in [5, 5.41) is 19.1. The van der Waals surface area contributed by atoms with Crippen LogP contribution in [0.5, 0.6) is 0 Å². The molecule has 1 aromatic rings. The number of sulfonamides is 1. The zero-order valence-corrected chi connectivity index (χ0v) is 11.5. The van der Waals surface area contributed by atoms with Gasteiger partial charge in [-0.2, -0.15) is 0 Å². The molecule has 1 aromatic carbocycles. The van der Waals surface area contributed by atoms with Crippen LogP contribution >= 0.6 is 0 Å². The fraction of sp³-hybridized carbons (Fsp3) is 0.364. The van der Waals surface area contributed by atoms with Crippen molar-refractivity contribution in [3.8, 4) is 0 Å².